The Morgan fingerprint density at radius 3 is 2.88 bits per heavy atom. The van der Waals surface area contributed by atoms with Gasteiger partial charge in [-0.3, -0.25) is 4.90 Å². The summed E-state index contributed by atoms with van der Waals surface area (Å²) < 4.78 is 16.2. The van der Waals surface area contributed by atoms with Crippen LogP contribution in [0.3, 0.4) is 0 Å². The van der Waals surface area contributed by atoms with Crippen LogP contribution in [0.4, 0.5) is 0 Å². The quantitative estimate of drug-likeness (QED) is 0.675. The average Bonchev–Trinajstić information content (AvgIpc) is 3.29. The first kappa shape index (κ1) is 16.1. The number of ether oxygens (including phenoxy) is 2. The van der Waals surface area contributed by atoms with Gasteiger partial charge in [0.25, 0.3) is 0 Å². The first-order chi connectivity index (χ1) is 12.3. The Kier molecular flexibility index (Phi) is 4.67. The van der Waals surface area contributed by atoms with E-state index in [9.17, 15) is 0 Å². The monoisotopic (exact) mass is 357 g/mol. The molecule has 25 heavy (non-hydrogen) atoms. The molecule has 0 bridgehead atoms. The van der Waals surface area contributed by atoms with Crippen molar-refractivity contribution in [2.24, 2.45) is 0 Å². The lowest BCUT2D eigenvalue weighted by atomic mass is 10.1. The number of benzene rings is 1. The van der Waals surface area contributed by atoms with E-state index in [1.807, 2.05) is 35.6 Å². The molecule has 3 heterocycles. The molecule has 3 aromatic rings. The SMILES string of the molecule is COc1ccc(OCc2noc(CN3CCc4sccc4C3)n2)cc1. The summed E-state index contributed by atoms with van der Waals surface area (Å²) in [5, 5.41) is 6.17. The van der Waals surface area contributed by atoms with Crippen molar-refractivity contribution in [1.82, 2.24) is 15.0 Å². The van der Waals surface area contributed by atoms with E-state index >= 15 is 0 Å². The smallest absolute Gasteiger partial charge is 0.240 e. The summed E-state index contributed by atoms with van der Waals surface area (Å²) in [4.78, 5) is 8.26. The number of hydrogen-bond donors (Lipinski definition) is 0. The molecule has 0 spiro atoms. The summed E-state index contributed by atoms with van der Waals surface area (Å²) >= 11 is 1.84. The largest absolute Gasteiger partial charge is 0.497 e. The van der Waals surface area contributed by atoms with Gasteiger partial charge in [-0.2, -0.15) is 4.98 Å². The van der Waals surface area contributed by atoms with Crippen LogP contribution in [-0.2, 0) is 26.1 Å². The van der Waals surface area contributed by atoms with Gasteiger partial charge >= 0.3 is 0 Å². The number of fused-ring (bicyclic) bond motifs is 1. The molecule has 0 amide bonds. The number of thiophene rings is 1. The summed E-state index contributed by atoms with van der Waals surface area (Å²) in [6.45, 7) is 2.92. The van der Waals surface area contributed by atoms with Gasteiger partial charge in [-0.15, -0.1) is 11.3 Å². The van der Waals surface area contributed by atoms with Crippen molar-refractivity contribution in [1.29, 1.82) is 0 Å². The van der Waals surface area contributed by atoms with Crippen LogP contribution in [0.25, 0.3) is 0 Å². The fourth-order valence-electron chi connectivity index (χ4n) is 2.87. The molecular formula is C18H19N3O3S. The van der Waals surface area contributed by atoms with Gasteiger partial charge < -0.3 is 14.0 Å². The van der Waals surface area contributed by atoms with Crippen molar-refractivity contribution in [3.63, 3.8) is 0 Å². The Balaban J connectivity index is 1.31. The molecule has 1 aromatic carbocycles. The molecule has 0 atom stereocenters. The predicted molar refractivity (Wildman–Crippen MR) is 93.8 cm³/mol. The molecule has 130 valence electrons. The maximum absolute atomic E-state index is 5.68. The normalized spacial score (nSPS) is 14.3. The van der Waals surface area contributed by atoms with Crippen LogP contribution < -0.4 is 9.47 Å². The molecule has 6 nitrogen and oxygen atoms in total. The molecule has 0 unspecified atom stereocenters. The molecular weight excluding hydrogens is 338 g/mol. The van der Waals surface area contributed by atoms with E-state index in [0.29, 0.717) is 18.3 Å². The van der Waals surface area contributed by atoms with Gasteiger partial charge in [-0.05, 0) is 47.7 Å². The molecule has 0 aliphatic carbocycles. The standard InChI is InChI=1S/C18H19N3O3S/c1-22-14-2-4-15(5-3-14)23-12-17-19-18(24-20-17)11-21-8-6-16-13(10-21)7-9-25-16/h2-5,7,9H,6,8,10-12H2,1H3. The average molecular weight is 357 g/mol. The molecule has 2 aromatic heterocycles. The fourth-order valence-corrected chi connectivity index (χ4v) is 3.76. The highest BCUT2D eigenvalue weighted by Crippen LogP contribution is 2.24. The van der Waals surface area contributed by atoms with Crippen LogP contribution in [-0.4, -0.2) is 28.7 Å². The molecule has 0 radical (unpaired) electrons. The van der Waals surface area contributed by atoms with Crippen LogP contribution in [0.2, 0.25) is 0 Å². The first-order valence-electron chi connectivity index (χ1n) is 8.16. The summed E-state index contributed by atoms with van der Waals surface area (Å²) in [5.74, 6) is 2.73. The Bertz CT molecular complexity index is 828. The minimum Gasteiger partial charge on any atom is -0.497 e. The van der Waals surface area contributed by atoms with Crippen molar-refractivity contribution in [3.8, 4) is 11.5 Å². The van der Waals surface area contributed by atoms with Crippen LogP contribution in [0.15, 0.2) is 40.2 Å². The maximum atomic E-state index is 5.68. The minimum absolute atomic E-state index is 0.282. The summed E-state index contributed by atoms with van der Waals surface area (Å²) in [6, 6.07) is 9.62. The van der Waals surface area contributed by atoms with Crippen molar-refractivity contribution >= 4 is 11.3 Å². The summed E-state index contributed by atoms with van der Waals surface area (Å²) in [6.07, 6.45) is 1.09. The highest BCUT2D eigenvalue weighted by Gasteiger charge is 2.19. The van der Waals surface area contributed by atoms with Crippen LogP contribution in [0, 0.1) is 0 Å². The summed E-state index contributed by atoms with van der Waals surface area (Å²) in [5.41, 5.74) is 1.42. The van der Waals surface area contributed by atoms with Gasteiger partial charge in [0.15, 0.2) is 6.61 Å². The lowest BCUT2D eigenvalue weighted by molar-refractivity contribution is 0.211. The number of aromatic nitrogens is 2. The Morgan fingerprint density at radius 2 is 2.04 bits per heavy atom. The molecule has 7 heteroatoms. The minimum atomic E-state index is 0.282. The van der Waals surface area contributed by atoms with Gasteiger partial charge in [0.1, 0.15) is 11.5 Å². The number of nitrogens with zero attached hydrogens (tertiary/aromatic N) is 3. The number of hydrogen-bond acceptors (Lipinski definition) is 7. The Hall–Kier alpha value is -2.38. The third kappa shape index (κ3) is 3.83. The van der Waals surface area contributed by atoms with Crippen LogP contribution >= 0.6 is 11.3 Å². The molecule has 0 saturated heterocycles. The van der Waals surface area contributed by atoms with Gasteiger partial charge in [-0.1, -0.05) is 5.16 Å². The second-order valence-corrected chi connectivity index (χ2v) is 6.90. The molecule has 0 N–H and O–H groups in total. The highest BCUT2D eigenvalue weighted by atomic mass is 32.1. The van der Waals surface area contributed by atoms with E-state index in [4.69, 9.17) is 14.0 Å². The molecule has 0 saturated carbocycles. The van der Waals surface area contributed by atoms with Gasteiger partial charge in [-0.25, -0.2) is 0 Å². The molecule has 0 fully saturated rings. The molecule has 1 aliphatic rings. The number of rotatable bonds is 6. The van der Waals surface area contributed by atoms with Gasteiger partial charge in [0, 0.05) is 18.0 Å². The third-order valence-electron chi connectivity index (χ3n) is 4.18. The van der Waals surface area contributed by atoms with E-state index in [-0.39, 0.29) is 6.61 Å². The van der Waals surface area contributed by atoms with Crippen molar-refractivity contribution in [2.75, 3.05) is 13.7 Å². The number of methoxy groups -OCH3 is 1. The van der Waals surface area contributed by atoms with Crippen molar-refractivity contribution in [2.45, 2.75) is 26.1 Å². The van der Waals surface area contributed by atoms with E-state index in [1.54, 1.807) is 7.11 Å². The zero-order valence-corrected chi connectivity index (χ0v) is 14.8. The topological polar surface area (TPSA) is 60.6 Å². The maximum Gasteiger partial charge on any atom is 0.240 e. The van der Waals surface area contributed by atoms with Crippen molar-refractivity contribution < 1.29 is 14.0 Å². The van der Waals surface area contributed by atoms with Crippen LogP contribution in [0.5, 0.6) is 11.5 Å². The lowest BCUT2D eigenvalue weighted by Gasteiger charge is -2.24. The Labute approximate surface area is 150 Å². The fraction of sp³-hybridized carbons (Fsp3) is 0.333. The third-order valence-corrected chi connectivity index (χ3v) is 5.21. The summed E-state index contributed by atoms with van der Waals surface area (Å²) in [7, 11) is 1.64. The van der Waals surface area contributed by atoms with Crippen LogP contribution in [0.1, 0.15) is 22.2 Å². The van der Waals surface area contributed by atoms with Gasteiger partial charge in [0.2, 0.25) is 11.7 Å². The predicted octanol–water partition coefficient (Wildman–Crippen LogP) is 3.28. The van der Waals surface area contributed by atoms with E-state index in [1.165, 1.54) is 10.4 Å². The highest BCUT2D eigenvalue weighted by molar-refractivity contribution is 7.10. The second-order valence-electron chi connectivity index (χ2n) is 5.90. The van der Waals surface area contributed by atoms with E-state index in [2.05, 4.69) is 26.5 Å². The zero-order chi connectivity index (χ0) is 17.1. The first-order valence-corrected chi connectivity index (χ1v) is 9.04. The zero-order valence-electron chi connectivity index (χ0n) is 14.0. The second kappa shape index (κ2) is 7.25. The van der Waals surface area contributed by atoms with E-state index < -0.39 is 0 Å². The van der Waals surface area contributed by atoms with E-state index in [0.717, 1.165) is 31.0 Å². The molecule has 1 aliphatic heterocycles. The molecule has 4 rings (SSSR count). The van der Waals surface area contributed by atoms with Gasteiger partial charge in [0.05, 0.1) is 13.7 Å². The van der Waals surface area contributed by atoms with Crippen molar-refractivity contribution in [3.05, 3.63) is 57.9 Å². The Morgan fingerprint density at radius 1 is 1.20 bits per heavy atom. The lowest BCUT2D eigenvalue weighted by Crippen LogP contribution is -2.29.